The Kier molecular flexibility index (Phi) is 7.14. The quantitative estimate of drug-likeness (QED) is 0.571. The number of nitrogens with zero attached hydrogens (tertiary/aromatic N) is 3. The van der Waals surface area contributed by atoms with Crippen LogP contribution in [0.2, 0.25) is 0 Å². The van der Waals surface area contributed by atoms with E-state index in [2.05, 4.69) is 20.6 Å². The highest BCUT2D eigenvalue weighted by Gasteiger charge is 2.34. The molecule has 1 aliphatic rings. The monoisotopic (exact) mass is 379 g/mol. The normalized spacial score (nSPS) is 15.1. The summed E-state index contributed by atoms with van der Waals surface area (Å²) in [5.41, 5.74) is -1.02. The van der Waals surface area contributed by atoms with Crippen LogP contribution >= 0.6 is 12.2 Å². The van der Waals surface area contributed by atoms with Crippen molar-refractivity contribution in [2.24, 2.45) is 0 Å². The molecular weight excluding hydrogens is 359 g/mol. The first kappa shape index (κ1) is 19.6. The first-order chi connectivity index (χ1) is 11.9. The lowest BCUT2D eigenvalue weighted by Gasteiger charge is -2.28. The van der Waals surface area contributed by atoms with Crippen molar-refractivity contribution < 1.29 is 22.6 Å². The molecule has 2 heterocycles. The Morgan fingerprint density at radius 2 is 2.08 bits per heavy atom. The largest absolute Gasteiger partial charge is 0.433 e. The number of hydrogen-bond donors (Lipinski definition) is 2. The number of anilines is 2. The van der Waals surface area contributed by atoms with Crippen LogP contribution < -0.4 is 15.5 Å². The van der Waals surface area contributed by atoms with Crippen LogP contribution in [-0.2, 0) is 15.7 Å². The molecule has 11 heteroatoms. The fraction of sp³-hybridized carbons (Fsp3) is 0.643. The van der Waals surface area contributed by atoms with Gasteiger partial charge in [0.15, 0.2) is 10.8 Å². The van der Waals surface area contributed by atoms with Gasteiger partial charge in [-0.2, -0.15) is 18.2 Å². The predicted octanol–water partition coefficient (Wildman–Crippen LogP) is 1.65. The minimum Gasteiger partial charge on any atom is -0.385 e. The lowest BCUT2D eigenvalue weighted by molar-refractivity contribution is -0.141. The molecule has 0 unspecified atom stereocenters. The van der Waals surface area contributed by atoms with E-state index >= 15 is 0 Å². The molecule has 25 heavy (non-hydrogen) atoms. The highest BCUT2D eigenvalue weighted by Crippen LogP contribution is 2.30. The van der Waals surface area contributed by atoms with E-state index in [1.807, 2.05) is 0 Å². The molecule has 0 amide bonds. The Balaban J connectivity index is 2.11. The zero-order valence-corrected chi connectivity index (χ0v) is 14.5. The number of aromatic nitrogens is 2. The van der Waals surface area contributed by atoms with E-state index in [4.69, 9.17) is 21.7 Å². The first-order valence-electron chi connectivity index (χ1n) is 7.73. The molecule has 0 atom stereocenters. The number of rotatable bonds is 6. The Labute approximate surface area is 148 Å². The summed E-state index contributed by atoms with van der Waals surface area (Å²) in [6.07, 6.45) is -3.87. The maximum absolute atomic E-state index is 13.1. The van der Waals surface area contributed by atoms with Gasteiger partial charge in [0, 0.05) is 39.4 Å². The summed E-state index contributed by atoms with van der Waals surface area (Å²) in [4.78, 5) is 9.40. The van der Waals surface area contributed by atoms with Crippen molar-refractivity contribution in [3.05, 3.63) is 11.8 Å². The smallest absolute Gasteiger partial charge is 0.385 e. The summed E-state index contributed by atoms with van der Waals surface area (Å²) in [6, 6.07) is 0.936. The molecule has 1 aliphatic heterocycles. The molecule has 140 valence electrons. The third kappa shape index (κ3) is 6.25. The number of thiocarbonyl (C=S) groups is 1. The van der Waals surface area contributed by atoms with Gasteiger partial charge in [-0.05, 0) is 18.6 Å². The first-order valence-corrected chi connectivity index (χ1v) is 8.13. The highest BCUT2D eigenvalue weighted by molar-refractivity contribution is 7.80. The number of methoxy groups -OCH3 is 1. The molecule has 7 nitrogen and oxygen atoms in total. The van der Waals surface area contributed by atoms with Crippen molar-refractivity contribution in [1.29, 1.82) is 0 Å². The van der Waals surface area contributed by atoms with Crippen molar-refractivity contribution in [1.82, 2.24) is 15.3 Å². The molecule has 2 N–H and O–H groups in total. The molecule has 0 aliphatic carbocycles. The van der Waals surface area contributed by atoms with Gasteiger partial charge >= 0.3 is 6.18 Å². The molecule has 1 aromatic rings. The van der Waals surface area contributed by atoms with Gasteiger partial charge in [0.25, 0.3) is 0 Å². The molecule has 1 saturated heterocycles. The van der Waals surface area contributed by atoms with Gasteiger partial charge in [0.1, 0.15) is 5.82 Å². The lowest BCUT2D eigenvalue weighted by Crippen LogP contribution is -2.37. The molecule has 2 rings (SSSR count). The predicted molar refractivity (Wildman–Crippen MR) is 90.8 cm³/mol. The lowest BCUT2D eigenvalue weighted by atomic mass is 10.3. The Bertz CT molecular complexity index is 582. The van der Waals surface area contributed by atoms with Crippen LogP contribution in [0.25, 0.3) is 0 Å². The topological polar surface area (TPSA) is 71.5 Å². The maximum atomic E-state index is 13.1. The summed E-state index contributed by atoms with van der Waals surface area (Å²) < 4.78 is 49.5. The molecule has 0 saturated carbocycles. The number of hydrogen-bond acceptors (Lipinski definition) is 6. The summed E-state index contributed by atoms with van der Waals surface area (Å²) in [6.45, 7) is 2.88. The molecular formula is C14H20F3N5O2S. The molecule has 1 fully saturated rings. The van der Waals surface area contributed by atoms with Crippen molar-refractivity contribution >= 4 is 29.1 Å². The maximum Gasteiger partial charge on any atom is 0.433 e. The second-order valence-electron chi connectivity index (χ2n) is 5.26. The second-order valence-corrected chi connectivity index (χ2v) is 5.67. The van der Waals surface area contributed by atoms with Crippen LogP contribution in [0, 0.1) is 0 Å². The zero-order chi connectivity index (χ0) is 18.3. The Hall–Kier alpha value is -1.72. The average Bonchev–Trinajstić information content (AvgIpc) is 2.58. The number of alkyl halides is 3. The van der Waals surface area contributed by atoms with Crippen LogP contribution in [0.4, 0.5) is 24.9 Å². The van der Waals surface area contributed by atoms with Gasteiger partial charge in [0.05, 0.1) is 13.2 Å². The summed E-state index contributed by atoms with van der Waals surface area (Å²) >= 11 is 5.06. The van der Waals surface area contributed by atoms with Crippen molar-refractivity contribution in [3.63, 3.8) is 0 Å². The number of ether oxygens (including phenoxy) is 2. The Morgan fingerprint density at radius 1 is 1.36 bits per heavy atom. The number of nitrogens with one attached hydrogen (secondary N) is 2. The van der Waals surface area contributed by atoms with Crippen LogP contribution in [0.1, 0.15) is 12.1 Å². The fourth-order valence-electron chi connectivity index (χ4n) is 2.15. The number of morpholine rings is 1. The second kappa shape index (κ2) is 9.11. The van der Waals surface area contributed by atoms with E-state index in [0.717, 1.165) is 6.07 Å². The summed E-state index contributed by atoms with van der Waals surface area (Å²) in [5.74, 6) is -0.00383. The van der Waals surface area contributed by atoms with Gasteiger partial charge in [0.2, 0.25) is 5.95 Å². The highest BCUT2D eigenvalue weighted by atomic mass is 32.1. The third-order valence-corrected chi connectivity index (χ3v) is 3.62. The minimum absolute atomic E-state index is 0.156. The van der Waals surface area contributed by atoms with Crippen molar-refractivity contribution in [3.8, 4) is 0 Å². The molecule has 0 bridgehead atoms. The number of halogens is 3. The summed E-state index contributed by atoms with van der Waals surface area (Å²) in [7, 11) is 1.58. The van der Waals surface area contributed by atoms with Gasteiger partial charge in [-0.1, -0.05) is 0 Å². The van der Waals surface area contributed by atoms with E-state index in [9.17, 15) is 13.2 Å². The van der Waals surface area contributed by atoms with Gasteiger partial charge in [-0.3, -0.25) is 0 Å². The molecule has 0 spiro atoms. The summed E-state index contributed by atoms with van der Waals surface area (Å²) in [5, 5.41) is 5.63. The van der Waals surface area contributed by atoms with Gasteiger partial charge in [-0.25, -0.2) is 4.98 Å². The van der Waals surface area contributed by atoms with Gasteiger partial charge in [-0.15, -0.1) is 0 Å². The van der Waals surface area contributed by atoms with E-state index in [-0.39, 0.29) is 16.9 Å². The third-order valence-electron chi connectivity index (χ3n) is 3.37. The van der Waals surface area contributed by atoms with Crippen LogP contribution in [0.3, 0.4) is 0 Å². The van der Waals surface area contributed by atoms with E-state index < -0.39 is 11.9 Å². The fourth-order valence-corrected chi connectivity index (χ4v) is 2.35. The molecule has 0 aromatic carbocycles. The Morgan fingerprint density at radius 3 is 2.72 bits per heavy atom. The van der Waals surface area contributed by atoms with E-state index in [1.54, 1.807) is 12.0 Å². The zero-order valence-electron chi connectivity index (χ0n) is 13.7. The molecule has 1 aromatic heterocycles. The molecule has 0 radical (unpaired) electrons. The van der Waals surface area contributed by atoms with Crippen LogP contribution in [0.15, 0.2) is 6.07 Å². The average molecular weight is 379 g/mol. The van der Waals surface area contributed by atoms with Crippen molar-refractivity contribution in [2.75, 3.05) is 56.8 Å². The van der Waals surface area contributed by atoms with Crippen LogP contribution in [-0.4, -0.2) is 61.6 Å². The van der Waals surface area contributed by atoms with E-state index in [0.29, 0.717) is 45.9 Å². The van der Waals surface area contributed by atoms with Crippen molar-refractivity contribution in [2.45, 2.75) is 12.6 Å². The van der Waals surface area contributed by atoms with Gasteiger partial charge < -0.3 is 25.0 Å². The van der Waals surface area contributed by atoms with E-state index in [1.165, 1.54) is 0 Å². The standard InChI is InChI=1S/C14H20F3N5O2S/c1-23-6-2-3-18-13(25)21-12-19-10(14(15,16)17)9-11(20-12)22-4-7-24-8-5-22/h9H,2-8H2,1H3,(H2,18,19,20,21,25). The SMILES string of the molecule is COCCCNC(=S)Nc1nc(N2CCOCC2)cc(C(F)(F)F)n1. The minimum atomic E-state index is -4.58. The van der Waals surface area contributed by atoms with Crippen LogP contribution in [0.5, 0.6) is 0 Å².